The van der Waals surface area contributed by atoms with Crippen LogP contribution in [0.4, 0.5) is 0 Å². The summed E-state index contributed by atoms with van der Waals surface area (Å²) in [5.41, 5.74) is 5.49. The van der Waals surface area contributed by atoms with Crippen molar-refractivity contribution in [3.63, 3.8) is 0 Å². The summed E-state index contributed by atoms with van der Waals surface area (Å²) in [6, 6.07) is 0.730. The third-order valence-corrected chi connectivity index (χ3v) is 4.88. The van der Waals surface area contributed by atoms with E-state index in [0.29, 0.717) is 5.84 Å². The van der Waals surface area contributed by atoms with Gasteiger partial charge in [-0.3, -0.25) is 10.3 Å². The lowest BCUT2D eigenvalue weighted by Crippen LogP contribution is -2.49. The molecule has 0 aromatic heterocycles. The number of hydrogen-bond acceptors (Lipinski definition) is 3. The molecule has 1 rings (SSSR count). The quantitative estimate of drug-likeness (QED) is 0.409. The molecule has 4 nitrogen and oxygen atoms in total. The molecule has 0 radical (unpaired) electrons. The van der Waals surface area contributed by atoms with Gasteiger partial charge in [0.25, 0.3) is 0 Å². The van der Waals surface area contributed by atoms with Crippen LogP contribution < -0.4 is 5.73 Å². The predicted molar refractivity (Wildman–Crippen MR) is 87.3 cm³/mol. The van der Waals surface area contributed by atoms with Crippen molar-refractivity contribution in [2.24, 2.45) is 11.1 Å². The Kier molecular flexibility index (Phi) is 6.96. The van der Waals surface area contributed by atoms with Gasteiger partial charge in [-0.15, -0.1) is 0 Å². The van der Waals surface area contributed by atoms with Crippen LogP contribution in [0.2, 0.25) is 0 Å². The molecule has 4 heteroatoms. The van der Waals surface area contributed by atoms with Crippen molar-refractivity contribution in [3.05, 3.63) is 0 Å². The van der Waals surface area contributed by atoms with Crippen LogP contribution in [0.1, 0.15) is 53.4 Å². The molecule has 1 unspecified atom stereocenters. The molecule has 1 aliphatic heterocycles. The van der Waals surface area contributed by atoms with Crippen LogP contribution in [0.5, 0.6) is 0 Å². The second-order valence-electron chi connectivity index (χ2n) is 6.89. The Morgan fingerprint density at radius 3 is 2.30 bits per heavy atom. The van der Waals surface area contributed by atoms with E-state index in [2.05, 4.69) is 37.5 Å². The summed E-state index contributed by atoms with van der Waals surface area (Å²) in [7, 11) is 0. The molecule has 118 valence electrons. The average molecular weight is 282 g/mol. The van der Waals surface area contributed by atoms with Crippen molar-refractivity contribution in [2.45, 2.75) is 59.4 Å². The number of unbranched alkanes of at least 4 members (excludes halogenated alkanes) is 1. The molecular formula is C16H34N4. The Morgan fingerprint density at radius 1 is 1.20 bits per heavy atom. The molecule has 1 saturated heterocycles. The van der Waals surface area contributed by atoms with Crippen LogP contribution in [0, 0.1) is 10.8 Å². The van der Waals surface area contributed by atoms with Gasteiger partial charge in [0.15, 0.2) is 0 Å². The zero-order valence-electron chi connectivity index (χ0n) is 13.9. The first-order valence-electron chi connectivity index (χ1n) is 8.17. The molecule has 0 bridgehead atoms. The highest BCUT2D eigenvalue weighted by atomic mass is 15.3. The zero-order chi connectivity index (χ0) is 15.2. The number of rotatable bonds is 8. The van der Waals surface area contributed by atoms with E-state index >= 15 is 0 Å². The number of hydrogen-bond donors (Lipinski definition) is 2. The Labute approximate surface area is 125 Å². The number of amidine groups is 1. The van der Waals surface area contributed by atoms with Gasteiger partial charge >= 0.3 is 0 Å². The third-order valence-electron chi connectivity index (χ3n) is 4.88. The molecule has 1 aliphatic rings. The number of nitrogens with one attached hydrogen (secondary N) is 1. The molecule has 1 fully saturated rings. The molecule has 0 spiro atoms. The van der Waals surface area contributed by atoms with Crippen molar-refractivity contribution in [1.29, 1.82) is 5.41 Å². The third kappa shape index (κ3) is 5.41. The Hall–Kier alpha value is -0.610. The van der Waals surface area contributed by atoms with Crippen LogP contribution in [0.15, 0.2) is 0 Å². The zero-order valence-corrected chi connectivity index (χ0v) is 13.9. The van der Waals surface area contributed by atoms with Crippen LogP contribution in [0.25, 0.3) is 0 Å². The topological polar surface area (TPSA) is 56.4 Å². The molecule has 1 atom stereocenters. The Bertz CT molecular complexity index is 293. The van der Waals surface area contributed by atoms with E-state index in [4.69, 9.17) is 11.1 Å². The van der Waals surface area contributed by atoms with Gasteiger partial charge in [-0.05, 0) is 32.7 Å². The maximum atomic E-state index is 7.57. The first-order chi connectivity index (χ1) is 9.36. The number of piperazine rings is 1. The molecule has 0 amide bonds. The van der Waals surface area contributed by atoms with E-state index in [1.54, 1.807) is 0 Å². The summed E-state index contributed by atoms with van der Waals surface area (Å²) >= 11 is 0. The highest BCUT2D eigenvalue weighted by Crippen LogP contribution is 2.22. The number of nitrogens with zero attached hydrogens (tertiary/aromatic N) is 2. The molecule has 20 heavy (non-hydrogen) atoms. The molecule has 0 aromatic rings. The van der Waals surface area contributed by atoms with E-state index in [1.165, 1.54) is 45.6 Å². The van der Waals surface area contributed by atoms with Gasteiger partial charge in [0, 0.05) is 37.6 Å². The van der Waals surface area contributed by atoms with E-state index in [-0.39, 0.29) is 5.41 Å². The summed E-state index contributed by atoms with van der Waals surface area (Å²) in [5, 5.41) is 7.57. The molecule has 0 aromatic carbocycles. The van der Waals surface area contributed by atoms with Gasteiger partial charge in [0.1, 0.15) is 0 Å². The van der Waals surface area contributed by atoms with Crippen molar-refractivity contribution >= 4 is 5.84 Å². The lowest BCUT2D eigenvalue weighted by molar-refractivity contribution is 0.0991. The average Bonchev–Trinajstić information content (AvgIpc) is 2.43. The Balaban J connectivity index is 2.15. The van der Waals surface area contributed by atoms with Gasteiger partial charge < -0.3 is 10.6 Å². The van der Waals surface area contributed by atoms with Crippen LogP contribution in [-0.2, 0) is 0 Å². The number of nitrogens with two attached hydrogens (primary N) is 1. The normalized spacial score (nSPS) is 20.0. The minimum atomic E-state index is -0.130. The fourth-order valence-corrected chi connectivity index (χ4v) is 2.72. The fourth-order valence-electron chi connectivity index (χ4n) is 2.72. The maximum absolute atomic E-state index is 7.57. The van der Waals surface area contributed by atoms with Crippen molar-refractivity contribution in [1.82, 2.24) is 9.80 Å². The molecule has 0 aliphatic carbocycles. The summed E-state index contributed by atoms with van der Waals surface area (Å²) in [4.78, 5) is 5.19. The summed E-state index contributed by atoms with van der Waals surface area (Å²) < 4.78 is 0. The summed E-state index contributed by atoms with van der Waals surface area (Å²) in [5.74, 6) is 0.319. The smallest absolute Gasteiger partial charge is 0.0963 e. The highest BCUT2D eigenvalue weighted by Gasteiger charge is 2.22. The molecular weight excluding hydrogens is 248 g/mol. The lowest BCUT2D eigenvalue weighted by Gasteiger charge is -2.38. The minimum Gasteiger partial charge on any atom is -0.387 e. The second-order valence-corrected chi connectivity index (χ2v) is 6.89. The van der Waals surface area contributed by atoms with Gasteiger partial charge in [-0.2, -0.15) is 0 Å². The first kappa shape index (κ1) is 17.4. The van der Waals surface area contributed by atoms with Crippen molar-refractivity contribution in [2.75, 3.05) is 32.7 Å². The monoisotopic (exact) mass is 282 g/mol. The fraction of sp³-hybridized carbons (Fsp3) is 0.938. The predicted octanol–water partition coefficient (Wildman–Crippen LogP) is 2.53. The Morgan fingerprint density at radius 2 is 1.80 bits per heavy atom. The van der Waals surface area contributed by atoms with Gasteiger partial charge in [-0.25, -0.2) is 0 Å². The standard InChI is InChI=1S/C16H34N4/c1-5-14(2)20-12-10-19(11-13-20)9-7-6-8-16(3,4)15(17)18/h14H,5-13H2,1-4H3,(H3,17,18). The largest absolute Gasteiger partial charge is 0.387 e. The van der Waals surface area contributed by atoms with Crippen molar-refractivity contribution < 1.29 is 0 Å². The van der Waals surface area contributed by atoms with E-state index in [9.17, 15) is 0 Å². The van der Waals surface area contributed by atoms with Crippen LogP contribution >= 0.6 is 0 Å². The summed E-state index contributed by atoms with van der Waals surface area (Å²) in [6.07, 6.45) is 4.66. The molecule has 3 N–H and O–H groups in total. The summed E-state index contributed by atoms with van der Waals surface area (Å²) in [6.45, 7) is 14.8. The van der Waals surface area contributed by atoms with Gasteiger partial charge in [0.2, 0.25) is 0 Å². The molecule has 1 heterocycles. The van der Waals surface area contributed by atoms with Gasteiger partial charge in [-0.1, -0.05) is 27.2 Å². The van der Waals surface area contributed by atoms with Crippen molar-refractivity contribution in [3.8, 4) is 0 Å². The van der Waals surface area contributed by atoms with Crippen LogP contribution in [0.3, 0.4) is 0 Å². The van der Waals surface area contributed by atoms with Crippen LogP contribution in [-0.4, -0.2) is 54.4 Å². The highest BCUT2D eigenvalue weighted by molar-refractivity contribution is 5.82. The molecule has 0 saturated carbocycles. The first-order valence-corrected chi connectivity index (χ1v) is 8.17. The maximum Gasteiger partial charge on any atom is 0.0963 e. The van der Waals surface area contributed by atoms with Gasteiger partial charge in [0.05, 0.1) is 5.84 Å². The SMILES string of the molecule is CCC(C)N1CCN(CCCCC(C)(C)C(=N)N)CC1. The van der Waals surface area contributed by atoms with E-state index in [1.807, 2.05) is 0 Å². The van der Waals surface area contributed by atoms with E-state index < -0.39 is 0 Å². The minimum absolute atomic E-state index is 0.130. The lowest BCUT2D eigenvalue weighted by atomic mass is 9.86. The van der Waals surface area contributed by atoms with E-state index in [0.717, 1.165) is 18.9 Å². The second kappa shape index (κ2) is 7.99.